The number of hydrogen-bond acceptors (Lipinski definition) is 3. The molecule has 0 aliphatic carbocycles. The molecule has 5 nitrogen and oxygen atoms in total. The molecule has 1 atom stereocenters. The second-order valence-corrected chi connectivity index (χ2v) is 7.39. The summed E-state index contributed by atoms with van der Waals surface area (Å²) in [6.07, 6.45) is 1.40. The van der Waals surface area contributed by atoms with E-state index >= 15 is 0 Å². The molecular weight excluding hydrogens is 312 g/mol. The zero-order chi connectivity index (χ0) is 17.5. The van der Waals surface area contributed by atoms with E-state index in [1.807, 2.05) is 30.5 Å². The van der Waals surface area contributed by atoms with Crippen LogP contribution in [-0.2, 0) is 16.0 Å². The van der Waals surface area contributed by atoms with Gasteiger partial charge in [0.25, 0.3) is 0 Å². The van der Waals surface area contributed by atoms with Gasteiger partial charge in [0, 0.05) is 5.56 Å². The monoisotopic (exact) mass is 334 g/mol. The van der Waals surface area contributed by atoms with Gasteiger partial charge in [-0.1, -0.05) is 23.9 Å². The molecule has 1 unspecified atom stereocenters. The van der Waals surface area contributed by atoms with Crippen molar-refractivity contribution >= 4 is 28.4 Å². The van der Waals surface area contributed by atoms with Gasteiger partial charge in [0.05, 0.1) is 6.42 Å². The number of rotatable bonds is 2. The van der Waals surface area contributed by atoms with E-state index in [9.17, 15) is 9.59 Å². The van der Waals surface area contributed by atoms with Crippen LogP contribution in [0, 0.1) is 11.2 Å². The molecule has 0 aromatic heterocycles. The van der Waals surface area contributed by atoms with Crippen LogP contribution in [0.4, 0.5) is 4.79 Å². The Bertz CT molecular complexity index is 649. The lowest BCUT2D eigenvalue weighted by Crippen LogP contribution is -2.44. The first-order valence-electron chi connectivity index (χ1n) is 7.00. The smallest absolute Gasteiger partial charge is 0.426 e. The van der Waals surface area contributed by atoms with Gasteiger partial charge >= 0.3 is 6.09 Å². The predicted molar refractivity (Wildman–Crippen MR) is 95.2 cm³/mol. The summed E-state index contributed by atoms with van der Waals surface area (Å²) in [6.45, 7) is 5.23. The zero-order valence-corrected chi connectivity index (χ0v) is 14.7. The van der Waals surface area contributed by atoms with Gasteiger partial charge in [-0.2, -0.15) is 0 Å². The number of hydrogen-bond donors (Lipinski definition) is 2. The maximum Gasteiger partial charge on any atom is 0.426 e. The number of nitrogens with one attached hydrogen (secondary N) is 2. The first-order chi connectivity index (χ1) is 10.7. The summed E-state index contributed by atoms with van der Waals surface area (Å²) in [5.74, 6) is 6.50. The van der Waals surface area contributed by atoms with Crippen molar-refractivity contribution in [3.05, 3.63) is 35.4 Å². The summed E-state index contributed by atoms with van der Waals surface area (Å²) in [7, 11) is -0.173. The number of carbonyl (C=O) groups is 2. The SMILES string of the molecule is C=S(C)C#Cc1ccc(CC(=O)NNC(=O)OC(C)(C)C)cc1. The lowest BCUT2D eigenvalue weighted by Gasteiger charge is -2.19. The lowest BCUT2D eigenvalue weighted by molar-refractivity contribution is -0.121. The van der Waals surface area contributed by atoms with Crippen molar-refractivity contribution in [3.8, 4) is 11.2 Å². The van der Waals surface area contributed by atoms with Crippen molar-refractivity contribution in [2.45, 2.75) is 32.8 Å². The highest BCUT2D eigenvalue weighted by Crippen LogP contribution is 2.07. The van der Waals surface area contributed by atoms with Crippen LogP contribution in [-0.4, -0.2) is 29.7 Å². The Labute approximate surface area is 139 Å². The van der Waals surface area contributed by atoms with Crippen molar-refractivity contribution in [3.63, 3.8) is 0 Å². The van der Waals surface area contributed by atoms with Gasteiger partial charge in [0.1, 0.15) is 5.60 Å². The van der Waals surface area contributed by atoms with Gasteiger partial charge in [-0.15, -0.1) is 10.5 Å². The number of hydrazine groups is 1. The maximum absolute atomic E-state index is 11.8. The van der Waals surface area contributed by atoms with Crippen LogP contribution in [0.5, 0.6) is 0 Å². The van der Waals surface area contributed by atoms with E-state index in [1.54, 1.807) is 20.8 Å². The second kappa shape index (κ2) is 8.39. The quantitative estimate of drug-likeness (QED) is 0.496. The average Bonchev–Trinajstić information content (AvgIpc) is 2.42. The Kier molecular flexibility index (Phi) is 6.86. The second-order valence-electron chi connectivity index (χ2n) is 5.91. The van der Waals surface area contributed by atoms with E-state index in [2.05, 4.69) is 27.9 Å². The number of benzene rings is 1. The standard InChI is InChI=1S/C17H22N2O3S/c1-17(2,3)22-16(21)19-18-15(20)12-14-8-6-13(7-9-14)10-11-23(4)5/h6-9H,4,12H2,1-3,5H3,(H,18,20)(H,19,21). The fraction of sp³-hybridized carbons (Fsp3) is 0.353. The van der Waals surface area contributed by atoms with Gasteiger partial charge in [-0.25, -0.2) is 10.2 Å². The molecule has 0 spiro atoms. The van der Waals surface area contributed by atoms with Crippen LogP contribution in [0.3, 0.4) is 0 Å². The molecule has 0 bridgehead atoms. The maximum atomic E-state index is 11.8. The van der Waals surface area contributed by atoms with Gasteiger partial charge in [0.2, 0.25) is 5.91 Å². The molecule has 1 aromatic rings. The molecule has 0 saturated carbocycles. The minimum Gasteiger partial charge on any atom is -0.443 e. The van der Waals surface area contributed by atoms with Crippen LogP contribution >= 0.6 is 10.5 Å². The lowest BCUT2D eigenvalue weighted by atomic mass is 10.1. The highest BCUT2D eigenvalue weighted by atomic mass is 32.2. The number of carbonyl (C=O) groups excluding carboxylic acids is 2. The Morgan fingerprint density at radius 1 is 1.22 bits per heavy atom. The first kappa shape index (κ1) is 18.8. The molecule has 23 heavy (non-hydrogen) atoms. The van der Waals surface area contributed by atoms with E-state index in [-0.39, 0.29) is 22.8 Å². The van der Waals surface area contributed by atoms with E-state index in [1.165, 1.54) is 0 Å². The molecule has 2 amide bonds. The normalized spacial score (nSPS) is 11.7. The third-order valence-electron chi connectivity index (χ3n) is 2.39. The molecule has 0 fully saturated rings. The molecule has 0 heterocycles. The topological polar surface area (TPSA) is 67.4 Å². The fourth-order valence-corrected chi connectivity index (χ4v) is 1.80. The summed E-state index contributed by atoms with van der Waals surface area (Å²) >= 11 is 0. The summed E-state index contributed by atoms with van der Waals surface area (Å²) in [5.41, 5.74) is 5.61. The number of amides is 2. The fourth-order valence-electron chi connectivity index (χ4n) is 1.51. The van der Waals surface area contributed by atoms with Crippen LogP contribution in [0.15, 0.2) is 24.3 Å². The predicted octanol–water partition coefficient (Wildman–Crippen LogP) is 2.42. The summed E-state index contributed by atoms with van der Waals surface area (Å²) in [6, 6.07) is 7.36. The third kappa shape index (κ3) is 8.69. The summed E-state index contributed by atoms with van der Waals surface area (Å²) in [4.78, 5) is 23.2. The molecule has 124 valence electrons. The Hall–Kier alpha value is -2.26. The molecule has 0 aliphatic rings. The highest BCUT2D eigenvalue weighted by Gasteiger charge is 2.16. The molecule has 0 radical (unpaired) electrons. The molecule has 0 saturated heterocycles. The van der Waals surface area contributed by atoms with E-state index in [0.29, 0.717) is 0 Å². The molecule has 0 aliphatic heterocycles. The average molecular weight is 334 g/mol. The molecule has 6 heteroatoms. The summed E-state index contributed by atoms with van der Waals surface area (Å²) < 4.78 is 5.02. The van der Waals surface area contributed by atoms with Crippen molar-refractivity contribution in [2.24, 2.45) is 0 Å². The van der Waals surface area contributed by atoms with Gasteiger partial charge < -0.3 is 4.74 Å². The Balaban J connectivity index is 2.47. The first-order valence-corrected chi connectivity index (χ1v) is 8.80. The van der Waals surface area contributed by atoms with Gasteiger partial charge in [0.15, 0.2) is 0 Å². The van der Waals surface area contributed by atoms with Crippen molar-refractivity contribution < 1.29 is 14.3 Å². The molecule has 1 rings (SSSR count). The van der Waals surface area contributed by atoms with Gasteiger partial charge in [-0.3, -0.25) is 10.2 Å². The minimum atomic E-state index is -0.695. The van der Waals surface area contributed by atoms with Crippen LogP contribution < -0.4 is 10.9 Å². The molecule has 1 aromatic carbocycles. The van der Waals surface area contributed by atoms with E-state index < -0.39 is 11.7 Å². The van der Waals surface area contributed by atoms with Crippen LogP contribution in [0.1, 0.15) is 31.9 Å². The van der Waals surface area contributed by atoms with Crippen molar-refractivity contribution in [1.82, 2.24) is 10.9 Å². The van der Waals surface area contributed by atoms with Crippen LogP contribution in [0.2, 0.25) is 0 Å². The van der Waals surface area contributed by atoms with E-state index in [0.717, 1.165) is 11.1 Å². The zero-order valence-electron chi connectivity index (χ0n) is 13.9. The Morgan fingerprint density at radius 3 is 2.35 bits per heavy atom. The molecular formula is C17H22N2O3S. The van der Waals surface area contributed by atoms with Gasteiger partial charge in [-0.05, 0) is 50.0 Å². The minimum absolute atomic E-state index is 0.150. The largest absolute Gasteiger partial charge is 0.443 e. The van der Waals surface area contributed by atoms with E-state index in [4.69, 9.17) is 4.74 Å². The van der Waals surface area contributed by atoms with Crippen molar-refractivity contribution in [1.29, 1.82) is 0 Å². The molecule has 2 N–H and O–H groups in total. The highest BCUT2D eigenvalue weighted by molar-refractivity contribution is 8.17. The van der Waals surface area contributed by atoms with Crippen LogP contribution in [0.25, 0.3) is 0 Å². The number of ether oxygens (including phenoxy) is 1. The summed E-state index contributed by atoms with van der Waals surface area (Å²) in [5, 5.41) is 3.00. The Morgan fingerprint density at radius 2 is 1.83 bits per heavy atom. The van der Waals surface area contributed by atoms with Crippen molar-refractivity contribution in [2.75, 3.05) is 6.26 Å². The third-order valence-corrected chi connectivity index (χ3v) is 2.84.